The minimum absolute atomic E-state index is 0.218. The third-order valence-electron chi connectivity index (χ3n) is 3.37. The highest BCUT2D eigenvalue weighted by molar-refractivity contribution is 7.22. The number of thiazole rings is 1. The quantitative estimate of drug-likeness (QED) is 0.822. The van der Waals surface area contributed by atoms with Crippen LogP contribution in [0.15, 0.2) is 18.2 Å². The second-order valence-electron chi connectivity index (χ2n) is 4.90. The lowest BCUT2D eigenvalue weighted by atomic mass is 10.1. The zero-order valence-electron chi connectivity index (χ0n) is 10.7. The topological polar surface area (TPSA) is 71.2 Å². The lowest BCUT2D eigenvalue weighted by molar-refractivity contribution is -0.132. The van der Waals surface area contributed by atoms with Gasteiger partial charge in [0.1, 0.15) is 0 Å². The lowest BCUT2D eigenvalue weighted by Crippen LogP contribution is -2.43. The van der Waals surface area contributed by atoms with Crippen molar-refractivity contribution < 1.29 is 4.79 Å². The van der Waals surface area contributed by atoms with E-state index in [1.165, 1.54) is 0 Å². The fraction of sp³-hybridized carbons (Fsp3) is 0.385. The molecule has 2 aromatic rings. The van der Waals surface area contributed by atoms with Crippen LogP contribution in [0.25, 0.3) is 10.2 Å². The zero-order valence-corrected chi connectivity index (χ0v) is 11.5. The molecular formula is C13H16N4OS. The minimum Gasteiger partial charge on any atom is -0.399 e. The summed E-state index contributed by atoms with van der Waals surface area (Å²) in [6.45, 7) is 0.733. The van der Waals surface area contributed by atoms with E-state index in [1.807, 2.05) is 25.2 Å². The molecule has 0 spiro atoms. The molecule has 0 bridgehead atoms. The van der Waals surface area contributed by atoms with E-state index < -0.39 is 0 Å². The zero-order chi connectivity index (χ0) is 13.4. The number of benzene rings is 1. The van der Waals surface area contributed by atoms with E-state index in [4.69, 9.17) is 5.73 Å². The van der Waals surface area contributed by atoms with Gasteiger partial charge >= 0.3 is 0 Å². The van der Waals surface area contributed by atoms with Crippen LogP contribution in [-0.2, 0) is 4.79 Å². The van der Waals surface area contributed by atoms with Crippen LogP contribution < -0.4 is 11.1 Å². The highest BCUT2D eigenvalue weighted by Gasteiger charge is 2.23. The maximum atomic E-state index is 11.4. The molecular weight excluding hydrogens is 260 g/mol. The highest BCUT2D eigenvalue weighted by Crippen LogP contribution is 2.28. The molecule has 3 N–H and O–H groups in total. The molecule has 1 aromatic heterocycles. The van der Waals surface area contributed by atoms with Crippen molar-refractivity contribution in [3.8, 4) is 0 Å². The summed E-state index contributed by atoms with van der Waals surface area (Å²) in [6.07, 6.45) is 1.47. The van der Waals surface area contributed by atoms with Gasteiger partial charge in [-0.2, -0.15) is 0 Å². The van der Waals surface area contributed by atoms with Crippen molar-refractivity contribution in [2.24, 2.45) is 0 Å². The molecule has 3 rings (SSSR count). The summed E-state index contributed by atoms with van der Waals surface area (Å²) in [7, 11) is 1.84. The summed E-state index contributed by atoms with van der Waals surface area (Å²) in [4.78, 5) is 17.8. The molecule has 1 aliphatic heterocycles. The Balaban J connectivity index is 1.76. The van der Waals surface area contributed by atoms with Gasteiger partial charge in [-0.05, 0) is 24.6 Å². The van der Waals surface area contributed by atoms with Gasteiger partial charge in [-0.15, -0.1) is 0 Å². The molecule has 1 saturated heterocycles. The molecule has 100 valence electrons. The number of carbonyl (C=O) groups is 1. The number of rotatable bonds is 2. The number of hydrogen-bond acceptors (Lipinski definition) is 5. The first kappa shape index (κ1) is 12.2. The van der Waals surface area contributed by atoms with Crippen LogP contribution >= 0.6 is 11.3 Å². The Bertz CT molecular complexity index is 624. The Morgan fingerprint density at radius 2 is 2.37 bits per heavy atom. The highest BCUT2D eigenvalue weighted by atomic mass is 32.1. The van der Waals surface area contributed by atoms with Crippen molar-refractivity contribution in [2.45, 2.75) is 18.9 Å². The second-order valence-corrected chi connectivity index (χ2v) is 5.93. The molecule has 1 unspecified atom stereocenters. The number of anilines is 2. The number of nitrogens with two attached hydrogens (primary N) is 1. The van der Waals surface area contributed by atoms with Gasteiger partial charge < -0.3 is 16.0 Å². The van der Waals surface area contributed by atoms with E-state index in [0.717, 1.165) is 34.0 Å². The van der Waals surface area contributed by atoms with E-state index in [-0.39, 0.29) is 11.9 Å². The largest absolute Gasteiger partial charge is 0.399 e. The Hall–Kier alpha value is -1.82. The van der Waals surface area contributed by atoms with Gasteiger partial charge in [0.05, 0.1) is 10.2 Å². The van der Waals surface area contributed by atoms with Crippen LogP contribution in [0, 0.1) is 0 Å². The Morgan fingerprint density at radius 3 is 3.16 bits per heavy atom. The Kier molecular flexibility index (Phi) is 3.02. The number of piperidine rings is 1. The number of amides is 1. The molecule has 1 aromatic carbocycles. The molecule has 1 atom stereocenters. The predicted octanol–water partition coefficient (Wildman–Crippen LogP) is 1.91. The van der Waals surface area contributed by atoms with E-state index in [1.54, 1.807) is 16.2 Å². The minimum atomic E-state index is 0.218. The molecule has 0 aliphatic carbocycles. The summed E-state index contributed by atoms with van der Waals surface area (Å²) in [5.41, 5.74) is 7.48. The van der Waals surface area contributed by atoms with E-state index in [9.17, 15) is 4.79 Å². The van der Waals surface area contributed by atoms with Gasteiger partial charge in [0.15, 0.2) is 5.13 Å². The standard InChI is InChI=1S/C13H16N4OS/c1-17-7-9(3-5-12(17)18)15-13-16-10-4-2-8(14)6-11(10)19-13/h2,4,6,9H,3,5,7,14H2,1H3,(H,15,16). The van der Waals surface area contributed by atoms with Crippen LogP contribution in [0.5, 0.6) is 0 Å². The first-order chi connectivity index (χ1) is 9.11. The van der Waals surface area contributed by atoms with Gasteiger partial charge in [-0.3, -0.25) is 4.79 Å². The summed E-state index contributed by atoms with van der Waals surface area (Å²) in [6, 6.07) is 6.01. The summed E-state index contributed by atoms with van der Waals surface area (Å²) in [5.74, 6) is 0.218. The third kappa shape index (κ3) is 2.49. The molecule has 6 heteroatoms. The van der Waals surface area contributed by atoms with Crippen molar-refractivity contribution in [2.75, 3.05) is 24.6 Å². The van der Waals surface area contributed by atoms with Crippen molar-refractivity contribution in [1.82, 2.24) is 9.88 Å². The number of aromatic nitrogens is 1. The van der Waals surface area contributed by atoms with Crippen molar-refractivity contribution in [1.29, 1.82) is 0 Å². The summed E-state index contributed by atoms with van der Waals surface area (Å²) >= 11 is 1.60. The monoisotopic (exact) mass is 276 g/mol. The average molecular weight is 276 g/mol. The third-order valence-corrected chi connectivity index (χ3v) is 4.32. The normalized spacial score (nSPS) is 19.9. The molecule has 2 heterocycles. The lowest BCUT2D eigenvalue weighted by Gasteiger charge is -2.29. The van der Waals surface area contributed by atoms with Crippen molar-refractivity contribution in [3.63, 3.8) is 0 Å². The first-order valence-electron chi connectivity index (χ1n) is 6.28. The van der Waals surface area contributed by atoms with Crippen molar-refractivity contribution >= 4 is 38.3 Å². The number of hydrogen-bond donors (Lipinski definition) is 2. The van der Waals surface area contributed by atoms with Crippen LogP contribution in [0.3, 0.4) is 0 Å². The van der Waals surface area contributed by atoms with Gasteiger partial charge in [0.2, 0.25) is 5.91 Å². The molecule has 1 aliphatic rings. The van der Waals surface area contributed by atoms with Crippen LogP contribution in [0.4, 0.5) is 10.8 Å². The SMILES string of the molecule is CN1CC(Nc2nc3ccc(N)cc3s2)CCC1=O. The number of nitrogens with one attached hydrogen (secondary N) is 1. The number of nitrogens with zero attached hydrogens (tertiary/aromatic N) is 2. The van der Waals surface area contributed by atoms with E-state index in [2.05, 4.69) is 10.3 Å². The molecule has 1 amide bonds. The first-order valence-corrected chi connectivity index (χ1v) is 7.10. The fourth-order valence-corrected chi connectivity index (χ4v) is 3.30. The van der Waals surface area contributed by atoms with Gasteiger partial charge in [0.25, 0.3) is 0 Å². The molecule has 19 heavy (non-hydrogen) atoms. The number of fused-ring (bicyclic) bond motifs is 1. The number of likely N-dealkylation sites (tertiary alicyclic amines) is 1. The van der Waals surface area contributed by atoms with Crippen LogP contribution in [-0.4, -0.2) is 35.4 Å². The Labute approximate surface area is 115 Å². The van der Waals surface area contributed by atoms with Gasteiger partial charge in [0, 0.05) is 31.7 Å². The number of nitrogen functional groups attached to an aromatic ring is 1. The Morgan fingerprint density at radius 1 is 1.53 bits per heavy atom. The van der Waals surface area contributed by atoms with Crippen LogP contribution in [0.2, 0.25) is 0 Å². The molecule has 0 radical (unpaired) electrons. The van der Waals surface area contributed by atoms with E-state index >= 15 is 0 Å². The predicted molar refractivity (Wildman–Crippen MR) is 78.3 cm³/mol. The number of likely N-dealkylation sites (N-methyl/N-ethyl adjacent to an activating group) is 1. The summed E-state index contributed by atoms with van der Waals surface area (Å²) in [5, 5.41) is 4.31. The maximum absolute atomic E-state index is 11.4. The second kappa shape index (κ2) is 4.70. The van der Waals surface area contributed by atoms with Gasteiger partial charge in [-0.1, -0.05) is 11.3 Å². The van der Waals surface area contributed by atoms with E-state index in [0.29, 0.717) is 6.42 Å². The van der Waals surface area contributed by atoms with Gasteiger partial charge in [-0.25, -0.2) is 4.98 Å². The molecule has 0 saturated carbocycles. The summed E-state index contributed by atoms with van der Waals surface area (Å²) < 4.78 is 1.09. The molecule has 5 nitrogen and oxygen atoms in total. The maximum Gasteiger partial charge on any atom is 0.222 e. The number of carbonyl (C=O) groups excluding carboxylic acids is 1. The fourth-order valence-electron chi connectivity index (χ4n) is 2.31. The molecule has 1 fully saturated rings. The average Bonchev–Trinajstić information content (AvgIpc) is 2.75. The smallest absolute Gasteiger partial charge is 0.222 e. The van der Waals surface area contributed by atoms with Crippen molar-refractivity contribution in [3.05, 3.63) is 18.2 Å². The van der Waals surface area contributed by atoms with Crippen LogP contribution in [0.1, 0.15) is 12.8 Å².